The van der Waals surface area contributed by atoms with Crippen molar-refractivity contribution in [3.63, 3.8) is 0 Å². The lowest BCUT2D eigenvalue weighted by atomic mass is 10.1. The Bertz CT molecular complexity index is 399. The fraction of sp³-hybridized carbons (Fsp3) is 0.600. The van der Waals surface area contributed by atoms with E-state index in [0.717, 1.165) is 54.1 Å². The lowest BCUT2D eigenvalue weighted by Gasteiger charge is -2.16. The zero-order valence-electron chi connectivity index (χ0n) is 12.5. The third-order valence-corrected chi connectivity index (χ3v) is 3.58. The number of ether oxygens (including phenoxy) is 3. The molecule has 0 spiro atoms. The van der Waals surface area contributed by atoms with E-state index in [9.17, 15) is 0 Å². The van der Waals surface area contributed by atoms with Crippen LogP contribution in [0.25, 0.3) is 0 Å². The van der Waals surface area contributed by atoms with Crippen LogP contribution in [0.15, 0.2) is 16.6 Å². The van der Waals surface area contributed by atoms with Crippen molar-refractivity contribution in [3.05, 3.63) is 22.2 Å². The summed E-state index contributed by atoms with van der Waals surface area (Å²) in [5.74, 6) is 1.60. The molecule has 0 atom stereocenters. The van der Waals surface area contributed by atoms with Gasteiger partial charge in [-0.15, -0.1) is 0 Å². The van der Waals surface area contributed by atoms with Crippen LogP contribution in [0.1, 0.15) is 25.3 Å². The molecular weight excluding hydrogens is 322 g/mol. The monoisotopic (exact) mass is 345 g/mol. The van der Waals surface area contributed by atoms with Gasteiger partial charge in [-0.3, -0.25) is 0 Å². The average molecular weight is 346 g/mol. The highest BCUT2D eigenvalue weighted by atomic mass is 79.9. The van der Waals surface area contributed by atoms with E-state index < -0.39 is 0 Å². The van der Waals surface area contributed by atoms with Crippen molar-refractivity contribution >= 4 is 15.9 Å². The quantitative estimate of drug-likeness (QED) is 0.660. The molecule has 0 unspecified atom stereocenters. The van der Waals surface area contributed by atoms with Crippen molar-refractivity contribution in [2.75, 3.05) is 34.0 Å². The summed E-state index contributed by atoms with van der Waals surface area (Å²) < 4.78 is 17.3. The molecule has 1 aromatic carbocycles. The molecule has 0 radical (unpaired) electrons. The minimum atomic E-state index is 0.684. The first-order chi connectivity index (χ1) is 9.74. The molecule has 0 fully saturated rings. The second-order valence-electron chi connectivity index (χ2n) is 4.43. The van der Waals surface area contributed by atoms with Gasteiger partial charge >= 0.3 is 0 Å². The molecule has 0 aliphatic carbocycles. The van der Waals surface area contributed by atoms with Crippen molar-refractivity contribution < 1.29 is 14.2 Å². The number of halogens is 1. The highest BCUT2D eigenvalue weighted by molar-refractivity contribution is 9.10. The minimum absolute atomic E-state index is 0.684. The van der Waals surface area contributed by atoms with E-state index in [4.69, 9.17) is 14.2 Å². The second-order valence-corrected chi connectivity index (χ2v) is 5.28. The van der Waals surface area contributed by atoms with Gasteiger partial charge in [-0.2, -0.15) is 0 Å². The van der Waals surface area contributed by atoms with Gasteiger partial charge in [-0.25, -0.2) is 0 Å². The molecule has 1 N–H and O–H groups in total. The molecule has 0 saturated carbocycles. The van der Waals surface area contributed by atoms with Gasteiger partial charge in [0.25, 0.3) is 0 Å². The van der Waals surface area contributed by atoms with E-state index in [2.05, 4.69) is 28.2 Å². The minimum Gasteiger partial charge on any atom is -0.493 e. The van der Waals surface area contributed by atoms with Crippen LogP contribution in [-0.4, -0.2) is 34.0 Å². The fourth-order valence-electron chi connectivity index (χ4n) is 1.83. The third kappa shape index (κ3) is 5.31. The maximum atomic E-state index is 5.85. The Hall–Kier alpha value is -0.780. The molecule has 5 heteroatoms. The molecule has 0 aliphatic heterocycles. The van der Waals surface area contributed by atoms with Crippen molar-refractivity contribution in [1.82, 2.24) is 5.32 Å². The maximum absolute atomic E-state index is 5.85. The Kier molecular flexibility index (Phi) is 8.65. The van der Waals surface area contributed by atoms with Gasteiger partial charge < -0.3 is 19.5 Å². The molecule has 0 saturated heterocycles. The first kappa shape index (κ1) is 17.3. The van der Waals surface area contributed by atoms with Crippen LogP contribution in [-0.2, 0) is 11.3 Å². The molecule has 4 nitrogen and oxygen atoms in total. The lowest BCUT2D eigenvalue weighted by molar-refractivity contribution is 0.194. The van der Waals surface area contributed by atoms with Gasteiger partial charge in [0.15, 0.2) is 11.5 Å². The fourth-order valence-corrected chi connectivity index (χ4v) is 2.28. The van der Waals surface area contributed by atoms with Crippen LogP contribution in [0.2, 0.25) is 0 Å². The molecule has 0 heterocycles. The lowest BCUT2D eigenvalue weighted by Crippen LogP contribution is -2.17. The van der Waals surface area contributed by atoms with E-state index in [-0.39, 0.29) is 0 Å². The summed E-state index contributed by atoms with van der Waals surface area (Å²) in [7, 11) is 3.38. The van der Waals surface area contributed by atoms with Crippen LogP contribution < -0.4 is 14.8 Å². The third-order valence-electron chi connectivity index (χ3n) is 2.84. The number of benzene rings is 1. The Morgan fingerprint density at radius 2 is 2.00 bits per heavy atom. The van der Waals surface area contributed by atoms with Crippen LogP contribution >= 0.6 is 15.9 Å². The standard InChI is InChI=1S/C15H24BrNO3/c1-4-9-20-15-12(11-17-8-5-10-18-2)13(16)6-7-14(15)19-3/h6-7,17H,4-5,8-11H2,1-3H3. The predicted molar refractivity (Wildman–Crippen MR) is 84.7 cm³/mol. The molecule has 0 aliphatic rings. The van der Waals surface area contributed by atoms with E-state index in [1.807, 2.05) is 12.1 Å². The highest BCUT2D eigenvalue weighted by Gasteiger charge is 2.14. The Morgan fingerprint density at radius 1 is 1.20 bits per heavy atom. The Balaban J connectivity index is 2.74. The first-order valence-electron chi connectivity index (χ1n) is 6.92. The molecule has 0 aromatic heterocycles. The smallest absolute Gasteiger partial charge is 0.166 e. The summed E-state index contributed by atoms with van der Waals surface area (Å²) in [4.78, 5) is 0. The summed E-state index contributed by atoms with van der Waals surface area (Å²) in [6, 6.07) is 3.91. The van der Waals surface area contributed by atoms with Gasteiger partial charge in [0.05, 0.1) is 13.7 Å². The van der Waals surface area contributed by atoms with E-state index >= 15 is 0 Å². The number of rotatable bonds is 10. The largest absolute Gasteiger partial charge is 0.493 e. The summed E-state index contributed by atoms with van der Waals surface area (Å²) in [6.07, 6.45) is 1.96. The summed E-state index contributed by atoms with van der Waals surface area (Å²) >= 11 is 3.59. The number of nitrogens with one attached hydrogen (secondary N) is 1. The van der Waals surface area contributed by atoms with Crippen molar-refractivity contribution in [1.29, 1.82) is 0 Å². The van der Waals surface area contributed by atoms with Crippen molar-refractivity contribution in [2.45, 2.75) is 26.3 Å². The normalized spacial score (nSPS) is 10.6. The summed E-state index contributed by atoms with van der Waals surface area (Å²) in [5, 5.41) is 3.40. The van der Waals surface area contributed by atoms with Gasteiger partial charge in [-0.05, 0) is 31.5 Å². The van der Waals surface area contributed by atoms with Crippen molar-refractivity contribution in [2.24, 2.45) is 0 Å². The van der Waals surface area contributed by atoms with Gasteiger partial charge in [0.2, 0.25) is 0 Å². The zero-order chi connectivity index (χ0) is 14.8. The maximum Gasteiger partial charge on any atom is 0.166 e. The van der Waals surface area contributed by atoms with Crippen LogP contribution in [0.5, 0.6) is 11.5 Å². The highest BCUT2D eigenvalue weighted by Crippen LogP contribution is 2.36. The van der Waals surface area contributed by atoms with E-state index in [1.54, 1.807) is 14.2 Å². The van der Waals surface area contributed by atoms with E-state index in [1.165, 1.54) is 0 Å². The SMILES string of the molecule is CCCOc1c(OC)ccc(Br)c1CNCCCOC. The van der Waals surface area contributed by atoms with E-state index in [0.29, 0.717) is 6.61 Å². The molecule has 20 heavy (non-hydrogen) atoms. The summed E-state index contributed by atoms with van der Waals surface area (Å²) in [5.41, 5.74) is 1.09. The van der Waals surface area contributed by atoms with Crippen molar-refractivity contribution in [3.8, 4) is 11.5 Å². The number of hydrogen-bond acceptors (Lipinski definition) is 4. The molecule has 0 amide bonds. The van der Waals surface area contributed by atoms with Crippen LogP contribution in [0.4, 0.5) is 0 Å². The van der Waals surface area contributed by atoms with Gasteiger partial charge in [0, 0.05) is 30.3 Å². The molecule has 1 rings (SSSR count). The first-order valence-corrected chi connectivity index (χ1v) is 7.71. The Labute approximate surface area is 129 Å². The number of hydrogen-bond donors (Lipinski definition) is 1. The molecule has 0 bridgehead atoms. The van der Waals surface area contributed by atoms with Gasteiger partial charge in [-0.1, -0.05) is 22.9 Å². The number of methoxy groups -OCH3 is 2. The Morgan fingerprint density at radius 3 is 2.65 bits per heavy atom. The van der Waals surface area contributed by atoms with Crippen LogP contribution in [0, 0.1) is 0 Å². The van der Waals surface area contributed by atoms with Gasteiger partial charge in [0.1, 0.15) is 0 Å². The van der Waals surface area contributed by atoms with Crippen LogP contribution in [0.3, 0.4) is 0 Å². The molecule has 1 aromatic rings. The topological polar surface area (TPSA) is 39.7 Å². The molecular formula is C15H24BrNO3. The average Bonchev–Trinajstić information content (AvgIpc) is 2.46. The zero-order valence-corrected chi connectivity index (χ0v) is 14.1. The second kappa shape index (κ2) is 10.0. The summed E-state index contributed by atoms with van der Waals surface area (Å²) in [6.45, 7) is 5.19. The predicted octanol–water partition coefficient (Wildman–Crippen LogP) is 3.37. The molecule has 114 valence electrons.